The van der Waals surface area contributed by atoms with Crippen molar-refractivity contribution in [3.8, 4) is 16.9 Å². The fraction of sp³-hybridized carbons (Fsp3) is 0.348. The topological polar surface area (TPSA) is 51.5 Å². The normalized spacial score (nSPS) is 14.7. The second kappa shape index (κ2) is 7.47. The van der Waals surface area contributed by atoms with E-state index in [1.807, 2.05) is 19.2 Å². The Kier molecular flexibility index (Phi) is 4.88. The van der Waals surface area contributed by atoms with Gasteiger partial charge in [0.05, 0.1) is 6.10 Å². The summed E-state index contributed by atoms with van der Waals surface area (Å²) >= 11 is 0. The fourth-order valence-corrected chi connectivity index (χ4v) is 4.09. The minimum Gasteiger partial charge on any atom is -0.490 e. The predicted molar refractivity (Wildman–Crippen MR) is 107 cm³/mol. The van der Waals surface area contributed by atoms with E-state index in [9.17, 15) is 9.90 Å². The summed E-state index contributed by atoms with van der Waals surface area (Å²) < 4.78 is 8.26. The number of aromatic nitrogens is 1. The molecule has 0 saturated heterocycles. The average molecular weight is 363 g/mol. The Bertz CT molecular complexity index is 967. The fourth-order valence-electron chi connectivity index (χ4n) is 4.09. The predicted octanol–water partition coefficient (Wildman–Crippen LogP) is 5.18. The lowest BCUT2D eigenvalue weighted by atomic mass is 9.94. The van der Waals surface area contributed by atoms with E-state index in [2.05, 4.69) is 41.1 Å². The van der Waals surface area contributed by atoms with Gasteiger partial charge < -0.3 is 14.4 Å². The molecule has 27 heavy (non-hydrogen) atoms. The third kappa shape index (κ3) is 3.70. The second-order valence-corrected chi connectivity index (χ2v) is 7.40. The maximum absolute atomic E-state index is 11.2. The standard InChI is InChI=1S/C23H25NO3/c1-24-14-13-21-20(7-4-8-22(21)24)19-11-10-18(27-17-5-2-3-6-17)15-16(19)9-12-23(25)26/h4,7-8,10-11,13-15,17H,2-3,5-6,9,12H2,1H3,(H,25,26). The molecule has 1 aliphatic carbocycles. The van der Waals surface area contributed by atoms with Gasteiger partial charge in [0.15, 0.2) is 0 Å². The first-order chi connectivity index (χ1) is 13.1. The molecule has 2 aromatic carbocycles. The van der Waals surface area contributed by atoms with Crippen LogP contribution in [0.4, 0.5) is 0 Å². The SMILES string of the molecule is Cn1ccc2c(-c3ccc(OC4CCCC4)cc3CCC(=O)O)cccc21. The molecule has 1 fully saturated rings. The van der Waals surface area contributed by atoms with Crippen LogP contribution in [-0.2, 0) is 18.3 Å². The third-order valence-electron chi connectivity index (χ3n) is 5.51. The summed E-state index contributed by atoms with van der Waals surface area (Å²) in [6.07, 6.45) is 7.63. The lowest BCUT2D eigenvalue weighted by molar-refractivity contribution is -0.136. The van der Waals surface area contributed by atoms with Crippen molar-refractivity contribution in [2.45, 2.75) is 44.6 Å². The van der Waals surface area contributed by atoms with Crippen molar-refractivity contribution in [2.75, 3.05) is 0 Å². The molecule has 0 aliphatic heterocycles. The van der Waals surface area contributed by atoms with Gasteiger partial charge >= 0.3 is 5.97 Å². The third-order valence-corrected chi connectivity index (χ3v) is 5.51. The number of ether oxygens (including phenoxy) is 1. The summed E-state index contributed by atoms with van der Waals surface area (Å²) in [6.45, 7) is 0. The van der Waals surface area contributed by atoms with Crippen LogP contribution in [0.3, 0.4) is 0 Å². The maximum atomic E-state index is 11.2. The molecule has 0 bridgehead atoms. The highest BCUT2D eigenvalue weighted by Gasteiger charge is 2.18. The first-order valence-electron chi connectivity index (χ1n) is 9.67. The number of aryl methyl sites for hydroxylation is 2. The Morgan fingerprint density at radius 1 is 1.15 bits per heavy atom. The van der Waals surface area contributed by atoms with Crippen LogP contribution >= 0.6 is 0 Å². The summed E-state index contributed by atoms with van der Waals surface area (Å²) in [5.41, 5.74) is 4.43. The molecule has 0 amide bonds. The van der Waals surface area contributed by atoms with Crippen molar-refractivity contribution in [3.05, 3.63) is 54.2 Å². The van der Waals surface area contributed by atoms with E-state index >= 15 is 0 Å². The summed E-state index contributed by atoms with van der Waals surface area (Å²) in [4.78, 5) is 11.2. The Balaban J connectivity index is 1.74. The molecule has 0 spiro atoms. The average Bonchev–Trinajstić information content (AvgIpc) is 3.30. The maximum Gasteiger partial charge on any atom is 0.303 e. The molecule has 0 atom stereocenters. The van der Waals surface area contributed by atoms with Crippen molar-refractivity contribution in [2.24, 2.45) is 7.05 Å². The van der Waals surface area contributed by atoms with Gasteiger partial charge in [-0.2, -0.15) is 0 Å². The quantitative estimate of drug-likeness (QED) is 0.656. The van der Waals surface area contributed by atoms with Gasteiger partial charge in [-0.3, -0.25) is 4.79 Å². The Labute approximate surface area is 159 Å². The number of fused-ring (bicyclic) bond motifs is 1. The molecule has 140 valence electrons. The highest BCUT2D eigenvalue weighted by Crippen LogP contribution is 2.35. The van der Waals surface area contributed by atoms with Gasteiger partial charge in [-0.05, 0) is 73.1 Å². The van der Waals surface area contributed by atoms with Crippen LogP contribution in [0, 0.1) is 0 Å². The van der Waals surface area contributed by atoms with Gasteiger partial charge in [0.2, 0.25) is 0 Å². The van der Waals surface area contributed by atoms with Gasteiger partial charge in [0.25, 0.3) is 0 Å². The number of nitrogens with zero attached hydrogens (tertiary/aromatic N) is 1. The van der Waals surface area contributed by atoms with Crippen molar-refractivity contribution in [3.63, 3.8) is 0 Å². The van der Waals surface area contributed by atoms with Crippen LogP contribution in [0.25, 0.3) is 22.0 Å². The molecule has 0 radical (unpaired) electrons. The van der Waals surface area contributed by atoms with Crippen molar-refractivity contribution in [1.82, 2.24) is 4.57 Å². The number of carboxylic acid groups (broad SMARTS) is 1. The van der Waals surface area contributed by atoms with Crippen LogP contribution < -0.4 is 4.74 Å². The van der Waals surface area contributed by atoms with E-state index < -0.39 is 5.97 Å². The van der Waals surface area contributed by atoms with E-state index in [1.54, 1.807) is 0 Å². The molecule has 4 rings (SSSR count). The zero-order valence-corrected chi connectivity index (χ0v) is 15.6. The van der Waals surface area contributed by atoms with E-state index in [1.165, 1.54) is 23.7 Å². The minimum absolute atomic E-state index is 0.116. The van der Waals surface area contributed by atoms with Crippen LogP contribution in [0.5, 0.6) is 5.75 Å². The zero-order chi connectivity index (χ0) is 18.8. The smallest absolute Gasteiger partial charge is 0.303 e. The zero-order valence-electron chi connectivity index (χ0n) is 15.6. The number of benzene rings is 2. The van der Waals surface area contributed by atoms with Gasteiger partial charge in [-0.1, -0.05) is 18.2 Å². The number of rotatable bonds is 6. The molecule has 0 unspecified atom stereocenters. The number of carboxylic acids is 1. The van der Waals surface area contributed by atoms with Crippen molar-refractivity contribution >= 4 is 16.9 Å². The van der Waals surface area contributed by atoms with Crippen molar-refractivity contribution in [1.29, 1.82) is 0 Å². The molecule has 3 aromatic rings. The molecule has 4 heteroatoms. The molecular weight excluding hydrogens is 338 g/mol. The van der Waals surface area contributed by atoms with Gasteiger partial charge in [0.1, 0.15) is 5.75 Å². The highest BCUT2D eigenvalue weighted by molar-refractivity contribution is 5.96. The molecule has 4 nitrogen and oxygen atoms in total. The summed E-state index contributed by atoms with van der Waals surface area (Å²) in [7, 11) is 2.04. The number of carbonyl (C=O) groups is 1. The first-order valence-corrected chi connectivity index (χ1v) is 9.67. The largest absolute Gasteiger partial charge is 0.490 e. The van der Waals surface area contributed by atoms with Crippen LogP contribution in [0.15, 0.2) is 48.7 Å². The Hall–Kier alpha value is -2.75. The first kappa shape index (κ1) is 17.7. The van der Waals surface area contributed by atoms with Crippen LogP contribution in [0.2, 0.25) is 0 Å². The van der Waals surface area contributed by atoms with Crippen LogP contribution in [-0.4, -0.2) is 21.7 Å². The summed E-state index contributed by atoms with van der Waals surface area (Å²) in [5.74, 6) is 0.0762. The number of aliphatic carboxylic acids is 1. The summed E-state index contributed by atoms with van der Waals surface area (Å²) in [5, 5.41) is 10.4. The monoisotopic (exact) mass is 363 g/mol. The lowest BCUT2D eigenvalue weighted by Crippen LogP contribution is -2.11. The number of hydrogen-bond acceptors (Lipinski definition) is 2. The van der Waals surface area contributed by atoms with E-state index in [-0.39, 0.29) is 6.42 Å². The summed E-state index contributed by atoms with van der Waals surface area (Å²) in [6, 6.07) is 14.5. The molecule has 1 N–H and O–H groups in total. The van der Waals surface area contributed by atoms with E-state index in [0.29, 0.717) is 12.5 Å². The van der Waals surface area contributed by atoms with Gasteiger partial charge in [-0.25, -0.2) is 0 Å². The molecule has 1 aliphatic rings. The van der Waals surface area contributed by atoms with E-state index in [0.717, 1.165) is 35.3 Å². The molecule has 1 saturated carbocycles. The van der Waals surface area contributed by atoms with Gasteiger partial charge in [0, 0.05) is 30.6 Å². The Morgan fingerprint density at radius 2 is 1.96 bits per heavy atom. The van der Waals surface area contributed by atoms with E-state index in [4.69, 9.17) is 4.74 Å². The highest BCUT2D eigenvalue weighted by atomic mass is 16.5. The second-order valence-electron chi connectivity index (χ2n) is 7.40. The minimum atomic E-state index is -0.777. The lowest BCUT2D eigenvalue weighted by Gasteiger charge is -2.17. The van der Waals surface area contributed by atoms with Crippen molar-refractivity contribution < 1.29 is 14.6 Å². The number of hydrogen-bond donors (Lipinski definition) is 1. The molecular formula is C23H25NO3. The molecule has 1 heterocycles. The van der Waals surface area contributed by atoms with Crippen LogP contribution in [0.1, 0.15) is 37.7 Å². The van der Waals surface area contributed by atoms with Gasteiger partial charge in [-0.15, -0.1) is 0 Å². The Morgan fingerprint density at radius 3 is 2.74 bits per heavy atom. The molecule has 1 aromatic heterocycles.